The molecule has 0 bridgehead atoms. The van der Waals surface area contributed by atoms with Gasteiger partial charge in [0.05, 0.1) is 22.1 Å². The molecule has 148 valence electrons. The molecule has 6 heteroatoms. The number of fused-ring (bicyclic) bond motifs is 6. The molecule has 1 aliphatic heterocycles. The average Bonchev–Trinajstić information content (AvgIpc) is 3.00. The van der Waals surface area contributed by atoms with Gasteiger partial charge in [-0.25, -0.2) is 4.98 Å². The van der Waals surface area contributed by atoms with Gasteiger partial charge in [0.25, 0.3) is 5.56 Å². The maximum atomic E-state index is 13.1. The molecular formula is C23H23N3O3. The molecule has 0 unspecified atom stereocenters. The molecule has 3 heterocycles. The van der Waals surface area contributed by atoms with Crippen molar-refractivity contribution in [3.05, 3.63) is 52.3 Å². The van der Waals surface area contributed by atoms with E-state index in [0.29, 0.717) is 35.6 Å². The topological polar surface area (TPSA) is 80.3 Å². The van der Waals surface area contributed by atoms with E-state index in [1.807, 2.05) is 24.3 Å². The number of hydrogen-bond acceptors (Lipinski definition) is 4. The number of benzene rings is 2. The van der Waals surface area contributed by atoms with Crippen LogP contribution in [0, 0.1) is 5.92 Å². The van der Waals surface area contributed by atoms with E-state index in [1.165, 1.54) is 6.07 Å². The molecule has 29 heavy (non-hydrogen) atoms. The summed E-state index contributed by atoms with van der Waals surface area (Å²) < 4.78 is 3.85. The number of phenols is 2. The summed E-state index contributed by atoms with van der Waals surface area (Å²) in [5.74, 6) is 1.22. The Morgan fingerprint density at radius 2 is 1.97 bits per heavy atom. The highest BCUT2D eigenvalue weighted by atomic mass is 16.3. The van der Waals surface area contributed by atoms with E-state index in [-0.39, 0.29) is 17.1 Å². The minimum Gasteiger partial charge on any atom is -0.508 e. The number of aromatic nitrogens is 3. The zero-order valence-corrected chi connectivity index (χ0v) is 16.5. The van der Waals surface area contributed by atoms with Crippen molar-refractivity contribution in [3.8, 4) is 23.0 Å². The summed E-state index contributed by atoms with van der Waals surface area (Å²) in [6.45, 7) is 5.56. The van der Waals surface area contributed by atoms with E-state index in [2.05, 4.69) is 18.4 Å². The molecule has 0 radical (unpaired) electrons. The van der Waals surface area contributed by atoms with Gasteiger partial charge < -0.3 is 14.8 Å². The van der Waals surface area contributed by atoms with Gasteiger partial charge in [-0.2, -0.15) is 0 Å². The predicted octanol–water partition coefficient (Wildman–Crippen LogP) is 4.03. The average molecular weight is 389 g/mol. The molecule has 0 spiro atoms. The first-order valence-corrected chi connectivity index (χ1v) is 10.0. The van der Waals surface area contributed by atoms with E-state index in [9.17, 15) is 15.0 Å². The molecule has 0 amide bonds. The van der Waals surface area contributed by atoms with Gasteiger partial charge in [0, 0.05) is 30.6 Å². The molecule has 1 aliphatic rings. The highest BCUT2D eigenvalue weighted by Crippen LogP contribution is 2.42. The fourth-order valence-corrected chi connectivity index (χ4v) is 4.42. The zero-order valence-electron chi connectivity index (χ0n) is 16.5. The van der Waals surface area contributed by atoms with E-state index < -0.39 is 0 Å². The van der Waals surface area contributed by atoms with E-state index >= 15 is 0 Å². The maximum Gasteiger partial charge on any atom is 0.261 e. The first-order valence-electron chi connectivity index (χ1n) is 10.0. The van der Waals surface area contributed by atoms with Crippen LogP contribution in [-0.2, 0) is 19.5 Å². The van der Waals surface area contributed by atoms with Crippen molar-refractivity contribution >= 4 is 21.8 Å². The summed E-state index contributed by atoms with van der Waals surface area (Å²) in [5, 5.41) is 22.1. The van der Waals surface area contributed by atoms with Gasteiger partial charge in [0.15, 0.2) is 5.82 Å². The summed E-state index contributed by atoms with van der Waals surface area (Å²) in [5.41, 5.74) is 3.27. The molecule has 0 fully saturated rings. The number of para-hydroxylation sites is 1. The fraction of sp³-hybridized carbons (Fsp3) is 0.304. The van der Waals surface area contributed by atoms with Gasteiger partial charge >= 0.3 is 0 Å². The van der Waals surface area contributed by atoms with Crippen LogP contribution in [0.1, 0.15) is 25.8 Å². The molecule has 0 aliphatic carbocycles. The van der Waals surface area contributed by atoms with E-state index in [4.69, 9.17) is 4.98 Å². The Bertz CT molecular complexity index is 1330. The lowest BCUT2D eigenvalue weighted by Gasteiger charge is -2.21. The molecule has 6 nitrogen and oxygen atoms in total. The van der Waals surface area contributed by atoms with Crippen molar-refractivity contribution in [2.45, 2.75) is 39.8 Å². The number of hydrogen-bond donors (Lipinski definition) is 2. The SMILES string of the molecule is CC(C)CCn1c2c(c3c(O)cc(O)cc31)CCn1c-2nc2ccccc2c1=O. The van der Waals surface area contributed by atoms with Crippen LogP contribution in [0.25, 0.3) is 33.3 Å². The largest absolute Gasteiger partial charge is 0.508 e. The van der Waals surface area contributed by atoms with Gasteiger partial charge in [0.1, 0.15) is 11.5 Å². The van der Waals surface area contributed by atoms with Crippen LogP contribution in [-0.4, -0.2) is 24.3 Å². The Hall–Kier alpha value is -3.28. The summed E-state index contributed by atoms with van der Waals surface area (Å²) in [7, 11) is 0. The molecule has 0 saturated heterocycles. The van der Waals surface area contributed by atoms with Crippen molar-refractivity contribution in [1.29, 1.82) is 0 Å². The van der Waals surface area contributed by atoms with Gasteiger partial charge in [-0.05, 0) is 36.5 Å². The maximum absolute atomic E-state index is 13.1. The molecular weight excluding hydrogens is 366 g/mol. The van der Waals surface area contributed by atoms with Crippen LogP contribution in [0.3, 0.4) is 0 Å². The molecule has 5 rings (SSSR count). The van der Waals surface area contributed by atoms with Crippen molar-refractivity contribution in [3.63, 3.8) is 0 Å². The first-order chi connectivity index (χ1) is 14.0. The fourth-order valence-electron chi connectivity index (χ4n) is 4.42. The summed E-state index contributed by atoms with van der Waals surface area (Å²) in [6.07, 6.45) is 1.57. The molecule has 2 N–H and O–H groups in total. The molecule has 0 atom stereocenters. The van der Waals surface area contributed by atoms with Crippen molar-refractivity contribution < 1.29 is 10.2 Å². The predicted molar refractivity (Wildman–Crippen MR) is 113 cm³/mol. The second kappa shape index (κ2) is 6.37. The van der Waals surface area contributed by atoms with Crippen LogP contribution in [0.4, 0.5) is 0 Å². The van der Waals surface area contributed by atoms with Crippen LogP contribution in [0.2, 0.25) is 0 Å². The second-order valence-electron chi connectivity index (χ2n) is 8.18. The summed E-state index contributed by atoms with van der Waals surface area (Å²) in [4.78, 5) is 18.0. The van der Waals surface area contributed by atoms with E-state index in [1.54, 1.807) is 10.6 Å². The third-order valence-corrected chi connectivity index (χ3v) is 5.82. The highest BCUT2D eigenvalue weighted by Gasteiger charge is 2.29. The molecule has 2 aromatic carbocycles. The van der Waals surface area contributed by atoms with Crippen LogP contribution >= 0.6 is 0 Å². The Labute approximate surface area is 167 Å². The third-order valence-electron chi connectivity index (χ3n) is 5.82. The van der Waals surface area contributed by atoms with Gasteiger partial charge in [-0.1, -0.05) is 26.0 Å². The smallest absolute Gasteiger partial charge is 0.261 e. The quantitative estimate of drug-likeness (QED) is 0.554. The lowest BCUT2D eigenvalue weighted by atomic mass is 10.0. The number of rotatable bonds is 3. The Balaban J connectivity index is 1.89. The Kier molecular flexibility index (Phi) is 3.91. The lowest BCUT2D eigenvalue weighted by Crippen LogP contribution is -2.28. The second-order valence-corrected chi connectivity index (χ2v) is 8.18. The zero-order chi connectivity index (χ0) is 20.3. The third kappa shape index (κ3) is 2.63. The molecule has 2 aromatic heterocycles. The van der Waals surface area contributed by atoms with Crippen molar-refractivity contribution in [2.75, 3.05) is 0 Å². The monoisotopic (exact) mass is 389 g/mol. The van der Waals surface area contributed by atoms with Gasteiger partial charge in [-0.15, -0.1) is 0 Å². The minimum atomic E-state index is -0.0380. The number of phenolic OH excluding ortho intramolecular Hbond substituents is 2. The number of aryl methyl sites for hydroxylation is 2. The minimum absolute atomic E-state index is 0.0273. The Morgan fingerprint density at radius 3 is 2.76 bits per heavy atom. The van der Waals surface area contributed by atoms with Crippen molar-refractivity contribution in [2.24, 2.45) is 5.92 Å². The first kappa shape index (κ1) is 17.8. The van der Waals surface area contributed by atoms with Crippen LogP contribution in [0.15, 0.2) is 41.2 Å². The van der Waals surface area contributed by atoms with Gasteiger partial charge in [-0.3, -0.25) is 9.36 Å². The van der Waals surface area contributed by atoms with E-state index in [0.717, 1.165) is 35.1 Å². The number of nitrogens with zero attached hydrogens (tertiary/aromatic N) is 3. The normalized spacial score (nSPS) is 13.2. The highest BCUT2D eigenvalue weighted by molar-refractivity contribution is 5.97. The number of aromatic hydroxyl groups is 2. The Morgan fingerprint density at radius 1 is 1.17 bits per heavy atom. The molecule has 0 saturated carbocycles. The standard InChI is InChI=1S/C23H23N3O3/c1-13(2)7-9-25-18-11-14(27)12-19(28)20(18)16-8-10-26-22(21(16)25)24-17-6-4-3-5-15(17)23(26)29/h3-6,11-13,27-28H,7-10H2,1-2H3. The van der Waals surface area contributed by atoms with Crippen molar-refractivity contribution in [1.82, 2.24) is 14.1 Å². The summed E-state index contributed by atoms with van der Waals surface area (Å²) in [6, 6.07) is 10.5. The van der Waals surface area contributed by atoms with Crippen LogP contribution in [0.5, 0.6) is 11.5 Å². The lowest BCUT2D eigenvalue weighted by molar-refractivity contribution is 0.454. The molecule has 4 aromatic rings. The summed E-state index contributed by atoms with van der Waals surface area (Å²) >= 11 is 0. The van der Waals surface area contributed by atoms with Crippen LogP contribution < -0.4 is 5.56 Å². The van der Waals surface area contributed by atoms with Gasteiger partial charge in [0.2, 0.25) is 0 Å².